The quantitative estimate of drug-likeness (QED) is 0.618. The fourth-order valence-electron chi connectivity index (χ4n) is 2.95. The van der Waals surface area contributed by atoms with E-state index in [2.05, 4.69) is 52.3 Å². The lowest BCUT2D eigenvalue weighted by atomic mass is 9.95. The number of carbonyl (C=O) groups is 1. The van der Waals surface area contributed by atoms with Crippen molar-refractivity contribution in [1.82, 2.24) is 0 Å². The molecule has 0 fully saturated rings. The average molecular weight is 420 g/mol. The molecule has 4 nitrogen and oxygen atoms in total. The summed E-state index contributed by atoms with van der Waals surface area (Å²) in [6.45, 7) is 2.49. The van der Waals surface area contributed by atoms with Crippen molar-refractivity contribution < 1.29 is 14.3 Å². The van der Waals surface area contributed by atoms with Crippen LogP contribution in [0, 0.1) is 5.92 Å². The third kappa shape index (κ3) is 6.24. The van der Waals surface area contributed by atoms with Crippen LogP contribution in [0.2, 0.25) is 0 Å². The summed E-state index contributed by atoms with van der Waals surface area (Å²) in [6, 6.07) is 16.5. The lowest BCUT2D eigenvalue weighted by molar-refractivity contribution is -0.150. The molecule has 0 amide bonds. The van der Waals surface area contributed by atoms with Gasteiger partial charge in [-0.15, -0.1) is 0 Å². The number of rotatable bonds is 9. The number of esters is 1. The molecule has 0 saturated heterocycles. The Labute approximate surface area is 163 Å². The van der Waals surface area contributed by atoms with Gasteiger partial charge in [0.05, 0.1) is 19.1 Å². The van der Waals surface area contributed by atoms with Crippen LogP contribution in [0.1, 0.15) is 18.9 Å². The molecule has 2 atom stereocenters. The highest BCUT2D eigenvalue weighted by atomic mass is 79.9. The van der Waals surface area contributed by atoms with Crippen molar-refractivity contribution in [2.45, 2.75) is 25.8 Å². The van der Waals surface area contributed by atoms with Crippen molar-refractivity contribution in [3.05, 3.63) is 58.6 Å². The standard InChI is InChI=1S/C21H26BrNO3/c1-3-26-21(24)18(14-25-2)13-20(23)11-15-7-9-16(10-8-15)17-5-4-6-19(22)12-17/h4-10,12,18,20H,3,11,13-14,23H2,1-2H3. The monoisotopic (exact) mass is 419 g/mol. The number of nitrogens with two attached hydrogens (primary N) is 1. The highest BCUT2D eigenvalue weighted by molar-refractivity contribution is 9.10. The van der Waals surface area contributed by atoms with Crippen molar-refractivity contribution in [2.24, 2.45) is 11.7 Å². The highest BCUT2D eigenvalue weighted by Gasteiger charge is 2.22. The topological polar surface area (TPSA) is 61.5 Å². The Morgan fingerprint density at radius 1 is 1.15 bits per heavy atom. The van der Waals surface area contributed by atoms with Crippen LogP contribution in [0.5, 0.6) is 0 Å². The molecule has 2 rings (SSSR count). The Balaban J connectivity index is 1.97. The second kappa shape index (κ2) is 10.5. The smallest absolute Gasteiger partial charge is 0.311 e. The van der Waals surface area contributed by atoms with Gasteiger partial charge >= 0.3 is 5.97 Å². The first-order chi connectivity index (χ1) is 12.5. The highest BCUT2D eigenvalue weighted by Crippen LogP contribution is 2.23. The van der Waals surface area contributed by atoms with Gasteiger partial charge in [0.1, 0.15) is 0 Å². The molecule has 0 radical (unpaired) electrons. The van der Waals surface area contributed by atoms with Crippen LogP contribution in [-0.2, 0) is 20.7 Å². The Morgan fingerprint density at radius 3 is 2.50 bits per heavy atom. The van der Waals surface area contributed by atoms with Crippen LogP contribution in [0.3, 0.4) is 0 Å². The minimum absolute atomic E-state index is 0.128. The second-order valence-corrected chi connectivity index (χ2v) is 7.23. The average Bonchev–Trinajstić information content (AvgIpc) is 2.62. The summed E-state index contributed by atoms with van der Waals surface area (Å²) in [4.78, 5) is 12.0. The summed E-state index contributed by atoms with van der Waals surface area (Å²) in [5.74, 6) is -0.564. The molecule has 2 unspecified atom stereocenters. The predicted molar refractivity (Wildman–Crippen MR) is 108 cm³/mol. The molecular weight excluding hydrogens is 394 g/mol. The zero-order valence-electron chi connectivity index (χ0n) is 15.3. The zero-order chi connectivity index (χ0) is 18.9. The third-order valence-electron chi connectivity index (χ3n) is 4.18. The molecule has 0 aliphatic heterocycles. The maximum atomic E-state index is 12.0. The van der Waals surface area contributed by atoms with E-state index in [0.29, 0.717) is 26.1 Å². The maximum Gasteiger partial charge on any atom is 0.311 e. The van der Waals surface area contributed by atoms with E-state index >= 15 is 0 Å². The molecule has 0 aliphatic carbocycles. The summed E-state index contributed by atoms with van der Waals surface area (Å²) >= 11 is 3.50. The molecule has 0 spiro atoms. The van der Waals surface area contributed by atoms with Crippen LogP contribution in [-0.4, -0.2) is 32.3 Å². The maximum absolute atomic E-state index is 12.0. The number of carbonyl (C=O) groups excluding carboxylic acids is 1. The van der Waals surface area contributed by atoms with Gasteiger partial charge in [-0.2, -0.15) is 0 Å². The summed E-state index contributed by atoms with van der Waals surface area (Å²) in [5.41, 5.74) is 9.74. The SMILES string of the molecule is CCOC(=O)C(COC)CC(N)Cc1ccc(-c2cccc(Br)c2)cc1. The first kappa shape index (κ1) is 20.6. The zero-order valence-corrected chi connectivity index (χ0v) is 16.9. The molecule has 2 aromatic carbocycles. The molecular formula is C21H26BrNO3. The number of hydrogen-bond acceptors (Lipinski definition) is 4. The minimum Gasteiger partial charge on any atom is -0.466 e. The van der Waals surface area contributed by atoms with Crippen molar-refractivity contribution in [3.8, 4) is 11.1 Å². The molecule has 2 aromatic rings. The van der Waals surface area contributed by atoms with Crippen LogP contribution in [0.25, 0.3) is 11.1 Å². The fraction of sp³-hybridized carbons (Fsp3) is 0.381. The van der Waals surface area contributed by atoms with Crippen LogP contribution in [0.4, 0.5) is 0 Å². The Morgan fingerprint density at radius 2 is 1.88 bits per heavy atom. The number of halogens is 1. The fourth-order valence-corrected chi connectivity index (χ4v) is 3.35. The van der Waals surface area contributed by atoms with Gasteiger partial charge in [-0.1, -0.05) is 52.3 Å². The van der Waals surface area contributed by atoms with Gasteiger partial charge in [-0.3, -0.25) is 4.79 Å². The van der Waals surface area contributed by atoms with Gasteiger partial charge in [-0.05, 0) is 48.6 Å². The van der Waals surface area contributed by atoms with Gasteiger partial charge in [0.15, 0.2) is 0 Å². The van der Waals surface area contributed by atoms with E-state index in [0.717, 1.165) is 21.2 Å². The lowest BCUT2D eigenvalue weighted by Gasteiger charge is -2.19. The van der Waals surface area contributed by atoms with E-state index in [1.165, 1.54) is 0 Å². The van der Waals surface area contributed by atoms with E-state index in [4.69, 9.17) is 15.2 Å². The number of methoxy groups -OCH3 is 1. The largest absolute Gasteiger partial charge is 0.466 e. The summed E-state index contributed by atoms with van der Waals surface area (Å²) in [5, 5.41) is 0. The lowest BCUT2D eigenvalue weighted by Crippen LogP contribution is -2.32. The Hall–Kier alpha value is -1.69. The van der Waals surface area contributed by atoms with Gasteiger partial charge in [0.25, 0.3) is 0 Å². The molecule has 0 aromatic heterocycles. The van der Waals surface area contributed by atoms with Crippen molar-refractivity contribution in [3.63, 3.8) is 0 Å². The third-order valence-corrected chi connectivity index (χ3v) is 4.68. The molecule has 0 bridgehead atoms. The summed E-state index contributed by atoms with van der Waals surface area (Å²) in [6.07, 6.45) is 1.25. The second-order valence-electron chi connectivity index (χ2n) is 6.31. The van der Waals surface area contributed by atoms with Crippen molar-refractivity contribution in [1.29, 1.82) is 0 Å². The van der Waals surface area contributed by atoms with Crippen LogP contribution >= 0.6 is 15.9 Å². The van der Waals surface area contributed by atoms with Crippen molar-refractivity contribution in [2.75, 3.05) is 20.3 Å². The Bertz CT molecular complexity index is 703. The molecule has 26 heavy (non-hydrogen) atoms. The molecule has 0 saturated carbocycles. The normalized spacial score (nSPS) is 13.2. The summed E-state index contributed by atoms with van der Waals surface area (Å²) < 4.78 is 11.3. The number of hydrogen-bond donors (Lipinski definition) is 1. The van der Waals surface area contributed by atoms with E-state index in [1.54, 1.807) is 14.0 Å². The molecule has 5 heteroatoms. The van der Waals surface area contributed by atoms with Crippen LogP contribution < -0.4 is 5.73 Å². The molecule has 0 heterocycles. The van der Waals surface area contributed by atoms with E-state index < -0.39 is 0 Å². The van der Waals surface area contributed by atoms with E-state index in [9.17, 15) is 4.79 Å². The number of ether oxygens (including phenoxy) is 2. The molecule has 140 valence electrons. The first-order valence-corrected chi connectivity index (χ1v) is 9.58. The molecule has 0 aliphatic rings. The van der Waals surface area contributed by atoms with Gasteiger partial charge < -0.3 is 15.2 Å². The van der Waals surface area contributed by atoms with E-state index in [1.807, 2.05) is 12.1 Å². The van der Waals surface area contributed by atoms with Gasteiger partial charge in [0.2, 0.25) is 0 Å². The minimum atomic E-state index is -0.323. The predicted octanol–water partition coefficient (Wildman–Crippen LogP) is 4.20. The summed E-state index contributed by atoms with van der Waals surface area (Å²) in [7, 11) is 1.58. The van der Waals surface area contributed by atoms with Gasteiger partial charge in [-0.25, -0.2) is 0 Å². The first-order valence-electron chi connectivity index (χ1n) is 8.79. The molecule has 2 N–H and O–H groups in total. The van der Waals surface area contributed by atoms with Crippen molar-refractivity contribution >= 4 is 21.9 Å². The Kier molecular flexibility index (Phi) is 8.29. The van der Waals surface area contributed by atoms with E-state index in [-0.39, 0.29) is 17.9 Å². The van der Waals surface area contributed by atoms with Gasteiger partial charge in [0, 0.05) is 17.6 Å². The van der Waals surface area contributed by atoms with Crippen LogP contribution in [0.15, 0.2) is 53.0 Å². The number of benzene rings is 2.